The first-order valence-corrected chi connectivity index (χ1v) is 9.46. The summed E-state index contributed by atoms with van der Waals surface area (Å²) in [4.78, 5) is 4.52. The average Bonchev–Trinajstić information content (AvgIpc) is 3.16. The van der Waals surface area contributed by atoms with E-state index in [-0.39, 0.29) is 36.6 Å². The number of fused-ring (bicyclic) bond motifs is 1. The van der Waals surface area contributed by atoms with Gasteiger partial charge in [-0.25, -0.2) is 0 Å². The van der Waals surface area contributed by atoms with Crippen LogP contribution in [0, 0.1) is 0 Å². The predicted octanol–water partition coefficient (Wildman–Crippen LogP) is 4.41. The van der Waals surface area contributed by atoms with Crippen LogP contribution in [0.4, 0.5) is 0 Å². The molecule has 3 N–H and O–H groups in total. The molecule has 2 atom stereocenters. The van der Waals surface area contributed by atoms with Gasteiger partial charge in [0.15, 0.2) is 5.96 Å². The summed E-state index contributed by atoms with van der Waals surface area (Å²) < 4.78 is 11.1. The first-order chi connectivity index (χ1) is 13.6. The molecule has 6 nitrogen and oxygen atoms in total. The molecule has 0 saturated carbocycles. The molecule has 0 spiro atoms. The van der Waals surface area contributed by atoms with Crippen LogP contribution in [0.3, 0.4) is 0 Å². The van der Waals surface area contributed by atoms with E-state index < -0.39 is 6.10 Å². The maximum atomic E-state index is 10.4. The van der Waals surface area contributed by atoms with Crippen molar-refractivity contribution in [1.29, 1.82) is 0 Å². The fraction of sp³-hybridized carbons (Fsp3) is 0.318. The number of nitrogens with zero attached hydrogens (tertiary/aromatic N) is 1. The fourth-order valence-electron chi connectivity index (χ4n) is 2.92. The van der Waals surface area contributed by atoms with E-state index in [1.807, 2.05) is 68.4 Å². The molecule has 0 aliphatic rings. The summed E-state index contributed by atoms with van der Waals surface area (Å²) in [5.74, 6) is 2.22. The minimum absolute atomic E-state index is 0. The lowest BCUT2D eigenvalue weighted by Crippen LogP contribution is -2.39. The number of aliphatic imine (C=N–C) groups is 1. The van der Waals surface area contributed by atoms with Gasteiger partial charge in [0.2, 0.25) is 0 Å². The third-order valence-corrected chi connectivity index (χ3v) is 4.49. The van der Waals surface area contributed by atoms with E-state index in [0.717, 1.165) is 34.6 Å². The Balaban J connectivity index is 0.00000300. The normalized spacial score (nSPS) is 13.4. The highest BCUT2D eigenvalue weighted by Crippen LogP contribution is 2.23. The zero-order valence-corrected chi connectivity index (χ0v) is 19.2. The third-order valence-electron chi connectivity index (χ3n) is 4.49. The van der Waals surface area contributed by atoms with Gasteiger partial charge >= 0.3 is 0 Å². The van der Waals surface area contributed by atoms with Gasteiger partial charge in [0.1, 0.15) is 17.1 Å². The second-order valence-electron chi connectivity index (χ2n) is 6.56. The van der Waals surface area contributed by atoms with Gasteiger partial charge in [0.25, 0.3) is 0 Å². The van der Waals surface area contributed by atoms with Crippen molar-refractivity contribution in [2.75, 3.05) is 20.2 Å². The molecule has 3 aromatic rings. The molecule has 0 bridgehead atoms. The quantitative estimate of drug-likeness (QED) is 0.250. The maximum absolute atomic E-state index is 10.4. The van der Waals surface area contributed by atoms with Gasteiger partial charge in [-0.1, -0.05) is 30.3 Å². The molecule has 7 heteroatoms. The molecule has 0 amide bonds. The van der Waals surface area contributed by atoms with Crippen molar-refractivity contribution in [2.45, 2.75) is 26.0 Å². The Morgan fingerprint density at radius 2 is 1.90 bits per heavy atom. The predicted molar refractivity (Wildman–Crippen MR) is 127 cm³/mol. The van der Waals surface area contributed by atoms with Gasteiger partial charge in [-0.15, -0.1) is 24.0 Å². The van der Waals surface area contributed by atoms with Crippen LogP contribution in [0.15, 0.2) is 64.0 Å². The van der Waals surface area contributed by atoms with Crippen LogP contribution in [0.2, 0.25) is 0 Å². The maximum Gasteiger partial charge on any atom is 0.191 e. The lowest BCUT2D eigenvalue weighted by atomic mass is 10.1. The Labute approximate surface area is 188 Å². The number of hydrogen-bond donors (Lipinski definition) is 3. The number of furan rings is 1. The Morgan fingerprint density at radius 3 is 2.55 bits per heavy atom. The summed E-state index contributed by atoms with van der Waals surface area (Å²) in [6, 6.07) is 17.2. The van der Waals surface area contributed by atoms with Crippen LogP contribution in [-0.4, -0.2) is 31.3 Å². The van der Waals surface area contributed by atoms with E-state index in [1.165, 1.54) is 0 Å². The van der Waals surface area contributed by atoms with Gasteiger partial charge in [-0.2, -0.15) is 0 Å². The molecule has 0 saturated heterocycles. The molecule has 1 aromatic heterocycles. The van der Waals surface area contributed by atoms with Crippen LogP contribution in [-0.2, 0) is 0 Å². The molecule has 0 fully saturated rings. The van der Waals surface area contributed by atoms with Gasteiger partial charge in [0, 0.05) is 11.9 Å². The highest BCUT2D eigenvalue weighted by molar-refractivity contribution is 14.0. The van der Waals surface area contributed by atoms with Gasteiger partial charge in [-0.05, 0) is 43.7 Å². The molecule has 0 radical (unpaired) electrons. The average molecular weight is 509 g/mol. The second kappa shape index (κ2) is 11.1. The molecule has 2 aromatic carbocycles. The van der Waals surface area contributed by atoms with Gasteiger partial charge in [0.05, 0.1) is 25.8 Å². The highest BCUT2D eigenvalue weighted by Gasteiger charge is 2.14. The summed E-state index contributed by atoms with van der Waals surface area (Å²) in [5, 5.41) is 18.0. The third kappa shape index (κ3) is 6.11. The van der Waals surface area contributed by atoms with Crippen LogP contribution >= 0.6 is 24.0 Å². The topological polar surface area (TPSA) is 79.0 Å². The van der Waals surface area contributed by atoms with E-state index >= 15 is 0 Å². The summed E-state index contributed by atoms with van der Waals surface area (Å²) in [7, 11) is 1.62. The van der Waals surface area contributed by atoms with E-state index in [9.17, 15) is 5.11 Å². The monoisotopic (exact) mass is 509 g/mol. The number of guanidine groups is 1. The zero-order chi connectivity index (χ0) is 19.9. The van der Waals surface area contributed by atoms with E-state index in [0.29, 0.717) is 5.96 Å². The Bertz CT molecular complexity index is 891. The van der Waals surface area contributed by atoms with E-state index in [2.05, 4.69) is 15.6 Å². The summed E-state index contributed by atoms with van der Waals surface area (Å²) in [5.41, 5.74) is 1.66. The molecule has 156 valence electrons. The first kappa shape index (κ1) is 23.0. The number of para-hydroxylation sites is 1. The van der Waals surface area contributed by atoms with Gasteiger partial charge in [-0.3, -0.25) is 4.99 Å². The summed E-state index contributed by atoms with van der Waals surface area (Å²) in [6.45, 7) is 4.99. The second-order valence-corrected chi connectivity index (χ2v) is 6.56. The van der Waals surface area contributed by atoms with Crippen molar-refractivity contribution in [2.24, 2.45) is 4.99 Å². The molecular formula is C22H28IN3O3. The van der Waals surface area contributed by atoms with Crippen LogP contribution in [0.25, 0.3) is 11.0 Å². The Kier molecular flexibility index (Phi) is 8.78. The van der Waals surface area contributed by atoms with Crippen molar-refractivity contribution in [3.63, 3.8) is 0 Å². The lowest BCUT2D eigenvalue weighted by Gasteiger charge is -2.17. The Hall–Kier alpha value is -2.26. The number of nitrogens with one attached hydrogen (secondary N) is 2. The number of hydrogen-bond acceptors (Lipinski definition) is 4. The first-order valence-electron chi connectivity index (χ1n) is 9.46. The molecule has 0 aliphatic heterocycles. The minimum Gasteiger partial charge on any atom is -0.497 e. The summed E-state index contributed by atoms with van der Waals surface area (Å²) >= 11 is 0. The van der Waals surface area contributed by atoms with E-state index in [4.69, 9.17) is 9.15 Å². The molecule has 2 unspecified atom stereocenters. The van der Waals surface area contributed by atoms with Crippen LogP contribution in [0.1, 0.15) is 37.3 Å². The minimum atomic E-state index is -0.692. The van der Waals surface area contributed by atoms with Gasteiger partial charge < -0.3 is 24.9 Å². The number of halogens is 1. The molecule has 1 heterocycles. The van der Waals surface area contributed by atoms with Crippen LogP contribution in [0.5, 0.6) is 5.75 Å². The smallest absolute Gasteiger partial charge is 0.191 e. The standard InChI is InChI=1S/C22H27N3O3.HI/c1-4-23-22(24-14-19(26)16-9-11-18(27-3)12-10-16)25-15(2)21-13-17-7-5-6-8-20(17)28-21;/h5-13,15,19,26H,4,14H2,1-3H3,(H2,23,24,25);1H. The molecule has 3 rings (SSSR count). The van der Waals surface area contributed by atoms with Crippen molar-refractivity contribution in [1.82, 2.24) is 10.6 Å². The number of ether oxygens (including phenoxy) is 1. The number of aliphatic hydroxyl groups is 1. The number of rotatable bonds is 7. The van der Waals surface area contributed by atoms with Crippen molar-refractivity contribution in [3.8, 4) is 5.75 Å². The zero-order valence-electron chi connectivity index (χ0n) is 16.9. The van der Waals surface area contributed by atoms with Crippen molar-refractivity contribution >= 4 is 40.9 Å². The Morgan fingerprint density at radius 1 is 1.17 bits per heavy atom. The summed E-state index contributed by atoms with van der Waals surface area (Å²) in [6.07, 6.45) is -0.692. The number of benzene rings is 2. The number of methoxy groups -OCH3 is 1. The van der Waals surface area contributed by atoms with Crippen molar-refractivity contribution < 1.29 is 14.3 Å². The number of aliphatic hydroxyl groups excluding tert-OH is 1. The van der Waals surface area contributed by atoms with E-state index in [1.54, 1.807) is 7.11 Å². The molecule has 29 heavy (non-hydrogen) atoms. The van der Waals surface area contributed by atoms with Crippen LogP contribution < -0.4 is 15.4 Å². The largest absolute Gasteiger partial charge is 0.497 e. The fourth-order valence-corrected chi connectivity index (χ4v) is 2.92. The van der Waals surface area contributed by atoms with Crippen molar-refractivity contribution in [3.05, 3.63) is 65.9 Å². The SMILES string of the molecule is CCNC(=NCC(O)c1ccc(OC)cc1)NC(C)c1cc2ccccc2o1.I. The molecule has 0 aliphatic carbocycles. The highest BCUT2D eigenvalue weighted by atomic mass is 127. The molecular weight excluding hydrogens is 481 g/mol. The lowest BCUT2D eigenvalue weighted by molar-refractivity contribution is 0.187.